The van der Waals surface area contributed by atoms with Crippen molar-refractivity contribution in [1.82, 2.24) is 4.98 Å². The maximum absolute atomic E-state index is 10.6. The molecule has 96 valence electrons. The maximum atomic E-state index is 10.6. The van der Waals surface area contributed by atoms with Gasteiger partial charge in [-0.1, -0.05) is 0 Å². The molecule has 0 aliphatic rings. The van der Waals surface area contributed by atoms with Crippen molar-refractivity contribution >= 4 is 11.5 Å². The summed E-state index contributed by atoms with van der Waals surface area (Å²) in [6, 6.07) is 4.32. The quantitative estimate of drug-likeness (QED) is 0.603. The molecule has 0 saturated heterocycles. The zero-order valence-electron chi connectivity index (χ0n) is 10.1. The molecule has 0 aromatic carbocycles. The third kappa shape index (κ3) is 3.68. The lowest BCUT2D eigenvalue weighted by atomic mass is 10.1. The van der Waals surface area contributed by atoms with Crippen LogP contribution < -0.4 is 5.32 Å². The molecule has 0 saturated carbocycles. The molecule has 7 nitrogen and oxygen atoms in total. The first kappa shape index (κ1) is 13.9. The van der Waals surface area contributed by atoms with Crippen molar-refractivity contribution < 1.29 is 10.0 Å². The Bertz CT molecular complexity index is 482. The predicted molar refractivity (Wildman–Crippen MR) is 65.0 cm³/mol. The normalized spacial score (nSPS) is 13.4. The number of nitrogens with zero attached hydrogens (tertiary/aromatic N) is 3. The van der Waals surface area contributed by atoms with Gasteiger partial charge in [0.1, 0.15) is 11.9 Å². The zero-order chi connectivity index (χ0) is 13.7. The number of aliphatic hydroxyl groups is 1. The highest BCUT2D eigenvalue weighted by molar-refractivity contribution is 5.50. The number of nitriles is 1. The van der Waals surface area contributed by atoms with Crippen molar-refractivity contribution in [1.29, 1.82) is 5.26 Å². The van der Waals surface area contributed by atoms with E-state index in [2.05, 4.69) is 10.3 Å². The number of nitro groups is 1. The Balaban J connectivity index is 2.87. The Kier molecular flexibility index (Phi) is 4.57. The lowest BCUT2D eigenvalue weighted by Crippen LogP contribution is -2.21. The molecular formula is C11H14N4O3. The lowest BCUT2D eigenvalue weighted by molar-refractivity contribution is -0.385. The standard InChI is InChI=1S/C11H14N4O3/c1-7(5-8(2)16)13-11-4-3-10(15(17)18)9(6-12)14-11/h3-4,7-8,16H,5H2,1-2H3,(H,13,14). The van der Waals surface area contributed by atoms with Crippen molar-refractivity contribution in [3.63, 3.8) is 0 Å². The summed E-state index contributed by atoms with van der Waals surface area (Å²) in [7, 11) is 0. The van der Waals surface area contributed by atoms with Crippen LogP contribution in [0.25, 0.3) is 0 Å². The van der Waals surface area contributed by atoms with Crippen LogP contribution in [0.1, 0.15) is 26.0 Å². The molecule has 1 heterocycles. The molecule has 2 atom stereocenters. The Hall–Kier alpha value is -2.20. The number of nitrogens with one attached hydrogen (secondary N) is 1. The molecule has 0 aliphatic heterocycles. The van der Waals surface area contributed by atoms with Gasteiger partial charge in [-0.05, 0) is 26.3 Å². The van der Waals surface area contributed by atoms with Gasteiger partial charge in [-0.2, -0.15) is 5.26 Å². The van der Waals surface area contributed by atoms with Crippen LogP contribution in [0.2, 0.25) is 0 Å². The number of rotatable bonds is 5. The maximum Gasteiger partial charge on any atom is 0.305 e. The monoisotopic (exact) mass is 250 g/mol. The number of hydrogen-bond acceptors (Lipinski definition) is 6. The highest BCUT2D eigenvalue weighted by Gasteiger charge is 2.16. The van der Waals surface area contributed by atoms with E-state index in [1.54, 1.807) is 13.0 Å². The minimum absolute atomic E-state index is 0.0505. The Morgan fingerprint density at radius 3 is 2.78 bits per heavy atom. The molecule has 0 spiro atoms. The van der Waals surface area contributed by atoms with Crippen LogP contribution in [0.5, 0.6) is 0 Å². The summed E-state index contributed by atoms with van der Waals surface area (Å²) in [5, 5.41) is 31.6. The number of hydrogen-bond donors (Lipinski definition) is 2. The van der Waals surface area contributed by atoms with Crippen molar-refractivity contribution in [2.24, 2.45) is 0 Å². The molecule has 0 bridgehead atoms. The molecular weight excluding hydrogens is 236 g/mol. The summed E-state index contributed by atoms with van der Waals surface area (Å²) in [5.74, 6) is 0.380. The summed E-state index contributed by atoms with van der Waals surface area (Å²) in [4.78, 5) is 13.8. The van der Waals surface area contributed by atoms with Gasteiger partial charge in [-0.3, -0.25) is 10.1 Å². The molecule has 7 heteroatoms. The van der Waals surface area contributed by atoms with Crippen LogP contribution >= 0.6 is 0 Å². The predicted octanol–water partition coefficient (Wildman–Crippen LogP) is 1.43. The van der Waals surface area contributed by atoms with Crippen molar-refractivity contribution in [2.75, 3.05) is 5.32 Å². The van der Waals surface area contributed by atoms with E-state index in [-0.39, 0.29) is 17.4 Å². The fourth-order valence-electron chi connectivity index (χ4n) is 1.58. The highest BCUT2D eigenvalue weighted by Crippen LogP contribution is 2.18. The molecule has 1 aromatic heterocycles. The van der Waals surface area contributed by atoms with Crippen molar-refractivity contribution in [3.05, 3.63) is 27.9 Å². The molecule has 0 amide bonds. The van der Waals surface area contributed by atoms with Crippen LogP contribution in [-0.2, 0) is 0 Å². The van der Waals surface area contributed by atoms with Gasteiger partial charge in [0.05, 0.1) is 11.0 Å². The topological polar surface area (TPSA) is 112 Å². The SMILES string of the molecule is CC(O)CC(C)Nc1ccc([N+](=O)[O-])c(C#N)n1. The van der Waals surface area contributed by atoms with Gasteiger partial charge in [-0.15, -0.1) is 0 Å². The first-order valence-corrected chi connectivity index (χ1v) is 5.44. The molecule has 2 unspecified atom stereocenters. The smallest absolute Gasteiger partial charge is 0.305 e. The average molecular weight is 250 g/mol. The summed E-state index contributed by atoms with van der Waals surface area (Å²) >= 11 is 0. The Labute approximate surface area is 104 Å². The molecule has 1 rings (SSSR count). The number of anilines is 1. The number of aliphatic hydroxyl groups excluding tert-OH is 1. The van der Waals surface area contributed by atoms with E-state index in [4.69, 9.17) is 5.26 Å². The number of aromatic nitrogens is 1. The molecule has 0 radical (unpaired) electrons. The van der Waals surface area contributed by atoms with E-state index < -0.39 is 11.0 Å². The Morgan fingerprint density at radius 1 is 1.61 bits per heavy atom. The lowest BCUT2D eigenvalue weighted by Gasteiger charge is -2.15. The van der Waals surface area contributed by atoms with Gasteiger partial charge in [0.25, 0.3) is 0 Å². The van der Waals surface area contributed by atoms with Crippen LogP contribution in [0, 0.1) is 21.4 Å². The fraction of sp³-hybridized carbons (Fsp3) is 0.455. The van der Waals surface area contributed by atoms with Gasteiger partial charge >= 0.3 is 5.69 Å². The van der Waals surface area contributed by atoms with Gasteiger partial charge < -0.3 is 10.4 Å². The second-order valence-electron chi connectivity index (χ2n) is 4.06. The van der Waals surface area contributed by atoms with Gasteiger partial charge in [0.15, 0.2) is 0 Å². The van der Waals surface area contributed by atoms with Gasteiger partial charge in [0.2, 0.25) is 5.69 Å². The summed E-state index contributed by atoms with van der Waals surface area (Å²) in [6.07, 6.45) is 0.0570. The molecule has 0 fully saturated rings. The highest BCUT2D eigenvalue weighted by atomic mass is 16.6. The van der Waals surface area contributed by atoms with E-state index in [9.17, 15) is 15.2 Å². The van der Waals surface area contributed by atoms with Crippen LogP contribution in [0.15, 0.2) is 12.1 Å². The van der Waals surface area contributed by atoms with Crippen molar-refractivity contribution in [2.45, 2.75) is 32.4 Å². The minimum Gasteiger partial charge on any atom is -0.393 e. The summed E-state index contributed by atoms with van der Waals surface area (Å²) < 4.78 is 0. The fourth-order valence-corrected chi connectivity index (χ4v) is 1.58. The summed E-state index contributed by atoms with van der Waals surface area (Å²) in [5.41, 5.74) is -0.541. The molecule has 18 heavy (non-hydrogen) atoms. The minimum atomic E-state index is -0.644. The van der Waals surface area contributed by atoms with E-state index in [1.807, 2.05) is 6.92 Å². The Morgan fingerprint density at radius 2 is 2.28 bits per heavy atom. The van der Waals surface area contributed by atoms with E-state index in [0.717, 1.165) is 0 Å². The molecule has 1 aromatic rings. The second kappa shape index (κ2) is 5.93. The molecule has 0 aliphatic carbocycles. The van der Waals surface area contributed by atoms with Gasteiger partial charge in [0, 0.05) is 12.1 Å². The van der Waals surface area contributed by atoms with Crippen LogP contribution in [0.4, 0.5) is 11.5 Å². The summed E-state index contributed by atoms with van der Waals surface area (Å²) in [6.45, 7) is 3.52. The average Bonchev–Trinajstić information content (AvgIpc) is 2.27. The van der Waals surface area contributed by atoms with Crippen LogP contribution in [-0.4, -0.2) is 27.2 Å². The van der Waals surface area contributed by atoms with E-state index in [0.29, 0.717) is 12.2 Å². The zero-order valence-corrected chi connectivity index (χ0v) is 10.1. The largest absolute Gasteiger partial charge is 0.393 e. The molecule has 2 N–H and O–H groups in total. The third-order valence-corrected chi connectivity index (χ3v) is 2.27. The first-order chi connectivity index (χ1) is 8.43. The van der Waals surface area contributed by atoms with Crippen molar-refractivity contribution in [3.8, 4) is 6.07 Å². The first-order valence-electron chi connectivity index (χ1n) is 5.44. The second-order valence-corrected chi connectivity index (χ2v) is 4.06. The number of pyridine rings is 1. The third-order valence-electron chi connectivity index (χ3n) is 2.27. The van der Waals surface area contributed by atoms with Gasteiger partial charge in [-0.25, -0.2) is 4.98 Å². The van der Waals surface area contributed by atoms with E-state index in [1.165, 1.54) is 12.1 Å². The van der Waals surface area contributed by atoms with E-state index >= 15 is 0 Å². The van der Waals surface area contributed by atoms with Crippen LogP contribution in [0.3, 0.4) is 0 Å².